The maximum atomic E-state index is 12.7. The van der Waals surface area contributed by atoms with Gasteiger partial charge >= 0.3 is 0 Å². The van der Waals surface area contributed by atoms with Gasteiger partial charge in [-0.25, -0.2) is 4.98 Å². The van der Waals surface area contributed by atoms with E-state index in [1.54, 1.807) is 18.3 Å². The van der Waals surface area contributed by atoms with E-state index in [2.05, 4.69) is 28.3 Å². The highest BCUT2D eigenvalue weighted by molar-refractivity contribution is 6.06. The van der Waals surface area contributed by atoms with E-state index in [0.29, 0.717) is 17.5 Å². The molecule has 0 radical (unpaired) electrons. The van der Waals surface area contributed by atoms with Crippen molar-refractivity contribution >= 4 is 11.6 Å². The Kier molecular flexibility index (Phi) is 6.23. The summed E-state index contributed by atoms with van der Waals surface area (Å²) in [5.74, 6) is 0.129. The number of anilines is 1. The zero-order valence-corrected chi connectivity index (χ0v) is 15.6. The molecular weight excluding hydrogens is 326 g/mol. The smallest absolute Gasteiger partial charge is 0.261 e. The Morgan fingerprint density at radius 2 is 1.96 bits per heavy atom. The van der Waals surface area contributed by atoms with E-state index < -0.39 is 0 Å². The van der Waals surface area contributed by atoms with Gasteiger partial charge in [-0.05, 0) is 43.7 Å². The van der Waals surface area contributed by atoms with Gasteiger partial charge in [0.05, 0.1) is 7.11 Å². The summed E-state index contributed by atoms with van der Waals surface area (Å²) in [5, 5.41) is 3.02. The van der Waals surface area contributed by atoms with Crippen LogP contribution in [0.3, 0.4) is 0 Å². The number of aromatic nitrogens is 1. The van der Waals surface area contributed by atoms with E-state index in [1.165, 1.54) is 39.2 Å². The van der Waals surface area contributed by atoms with Crippen LogP contribution >= 0.6 is 0 Å². The number of pyridine rings is 1. The second-order valence-electron chi connectivity index (χ2n) is 6.88. The van der Waals surface area contributed by atoms with Crippen LogP contribution in [-0.2, 0) is 6.54 Å². The molecule has 0 aliphatic heterocycles. The molecule has 1 heterocycles. The molecule has 0 bridgehead atoms. The number of nitrogens with zero attached hydrogens (tertiary/aromatic N) is 2. The number of para-hydroxylation sites is 1. The normalized spacial score (nSPS) is 15.0. The van der Waals surface area contributed by atoms with Crippen molar-refractivity contribution in [2.24, 2.45) is 0 Å². The molecule has 1 aliphatic carbocycles. The number of carbonyl (C=O) groups excluding carboxylic acids is 1. The van der Waals surface area contributed by atoms with E-state index in [4.69, 9.17) is 4.74 Å². The molecule has 138 valence electrons. The van der Waals surface area contributed by atoms with Gasteiger partial charge in [0.2, 0.25) is 5.88 Å². The molecule has 1 amide bonds. The van der Waals surface area contributed by atoms with Crippen molar-refractivity contribution in [3.63, 3.8) is 0 Å². The number of carbonyl (C=O) groups is 1. The van der Waals surface area contributed by atoms with Gasteiger partial charge in [0, 0.05) is 24.5 Å². The summed E-state index contributed by atoms with van der Waals surface area (Å²) in [7, 11) is 3.70. The monoisotopic (exact) mass is 353 g/mol. The summed E-state index contributed by atoms with van der Waals surface area (Å²) in [4.78, 5) is 19.2. The molecule has 1 aromatic heterocycles. The predicted molar refractivity (Wildman–Crippen MR) is 104 cm³/mol. The van der Waals surface area contributed by atoms with Gasteiger partial charge in [-0.1, -0.05) is 37.5 Å². The fourth-order valence-electron chi connectivity index (χ4n) is 3.62. The van der Waals surface area contributed by atoms with Gasteiger partial charge in [-0.2, -0.15) is 0 Å². The highest BCUT2D eigenvalue weighted by Crippen LogP contribution is 2.25. The first-order valence-corrected chi connectivity index (χ1v) is 9.27. The van der Waals surface area contributed by atoms with Crippen LogP contribution in [0.5, 0.6) is 5.88 Å². The first-order valence-electron chi connectivity index (χ1n) is 9.27. The van der Waals surface area contributed by atoms with Crippen molar-refractivity contribution in [1.29, 1.82) is 0 Å². The molecular formula is C21H27N3O2. The van der Waals surface area contributed by atoms with E-state index in [1.807, 2.05) is 18.2 Å². The molecule has 3 rings (SSSR count). The van der Waals surface area contributed by atoms with Gasteiger partial charge in [0.15, 0.2) is 0 Å². The lowest BCUT2D eigenvalue weighted by Crippen LogP contribution is -2.33. The average molecular weight is 353 g/mol. The summed E-state index contributed by atoms with van der Waals surface area (Å²) in [6, 6.07) is 12.1. The van der Waals surface area contributed by atoms with Crippen LogP contribution in [0.1, 0.15) is 48.0 Å². The van der Waals surface area contributed by atoms with Crippen molar-refractivity contribution < 1.29 is 9.53 Å². The molecule has 5 heteroatoms. The topological polar surface area (TPSA) is 54.5 Å². The predicted octanol–water partition coefficient (Wildman–Crippen LogP) is 4.11. The number of nitrogens with one attached hydrogen (secondary N) is 1. The van der Waals surface area contributed by atoms with Crippen molar-refractivity contribution in [3.05, 3.63) is 53.7 Å². The summed E-state index contributed by atoms with van der Waals surface area (Å²) >= 11 is 0. The van der Waals surface area contributed by atoms with Crippen LogP contribution in [0.15, 0.2) is 42.6 Å². The van der Waals surface area contributed by atoms with E-state index in [0.717, 1.165) is 17.8 Å². The lowest BCUT2D eigenvalue weighted by atomic mass is 9.94. The molecule has 1 fully saturated rings. The minimum absolute atomic E-state index is 0.206. The molecule has 1 aromatic carbocycles. The molecule has 1 saturated carbocycles. The summed E-state index contributed by atoms with van der Waals surface area (Å²) in [5.41, 5.74) is 2.40. The highest BCUT2D eigenvalue weighted by Gasteiger charge is 2.20. The summed E-state index contributed by atoms with van der Waals surface area (Å²) in [6.45, 7) is 0.825. The van der Waals surface area contributed by atoms with Crippen molar-refractivity contribution in [2.45, 2.75) is 44.7 Å². The van der Waals surface area contributed by atoms with Crippen LogP contribution in [0.2, 0.25) is 0 Å². The second kappa shape index (κ2) is 8.81. The minimum atomic E-state index is -0.206. The first-order chi connectivity index (χ1) is 12.7. The maximum Gasteiger partial charge on any atom is 0.261 e. The molecule has 1 aliphatic rings. The maximum absolute atomic E-state index is 12.7. The van der Waals surface area contributed by atoms with Crippen molar-refractivity contribution in [1.82, 2.24) is 9.88 Å². The number of methoxy groups -OCH3 is 1. The van der Waals surface area contributed by atoms with Crippen LogP contribution in [0, 0.1) is 0 Å². The third-order valence-corrected chi connectivity index (χ3v) is 5.09. The van der Waals surface area contributed by atoms with Gasteiger partial charge in [-0.15, -0.1) is 0 Å². The van der Waals surface area contributed by atoms with Gasteiger partial charge in [0.25, 0.3) is 5.91 Å². The fraction of sp³-hybridized carbons (Fsp3) is 0.429. The number of ether oxygens (including phenoxy) is 1. The Morgan fingerprint density at radius 3 is 2.73 bits per heavy atom. The second-order valence-corrected chi connectivity index (χ2v) is 6.88. The molecule has 1 N–H and O–H groups in total. The molecule has 0 spiro atoms. The number of benzene rings is 1. The van der Waals surface area contributed by atoms with Crippen LogP contribution < -0.4 is 10.1 Å². The SMILES string of the molecule is COc1ncccc1C(=O)Nc1ccccc1CN(C)C1CCCCC1. The third kappa shape index (κ3) is 4.41. The summed E-state index contributed by atoms with van der Waals surface area (Å²) in [6.07, 6.45) is 8.12. The van der Waals surface area contributed by atoms with Gasteiger partial charge in [-0.3, -0.25) is 9.69 Å². The van der Waals surface area contributed by atoms with Crippen LogP contribution in [0.4, 0.5) is 5.69 Å². The zero-order chi connectivity index (χ0) is 18.4. The lowest BCUT2D eigenvalue weighted by molar-refractivity contribution is 0.102. The first kappa shape index (κ1) is 18.4. The van der Waals surface area contributed by atoms with Crippen LogP contribution in [0.25, 0.3) is 0 Å². The quantitative estimate of drug-likeness (QED) is 0.849. The Bertz CT molecular complexity index is 742. The zero-order valence-electron chi connectivity index (χ0n) is 15.6. The molecule has 5 nitrogen and oxygen atoms in total. The van der Waals surface area contributed by atoms with E-state index in [-0.39, 0.29) is 5.91 Å². The van der Waals surface area contributed by atoms with Gasteiger partial charge in [0.1, 0.15) is 5.56 Å². The Morgan fingerprint density at radius 1 is 1.19 bits per heavy atom. The molecule has 0 atom stereocenters. The lowest BCUT2D eigenvalue weighted by Gasteiger charge is -2.31. The largest absolute Gasteiger partial charge is 0.480 e. The molecule has 0 saturated heterocycles. The molecule has 2 aromatic rings. The molecule has 26 heavy (non-hydrogen) atoms. The number of hydrogen-bond acceptors (Lipinski definition) is 4. The van der Waals surface area contributed by atoms with Crippen LogP contribution in [-0.4, -0.2) is 36.0 Å². The van der Waals surface area contributed by atoms with Gasteiger partial charge < -0.3 is 10.1 Å². The third-order valence-electron chi connectivity index (χ3n) is 5.09. The Balaban J connectivity index is 1.73. The molecule has 0 unspecified atom stereocenters. The number of amides is 1. The standard InChI is InChI=1S/C21H27N3O2/c1-24(17-10-4-3-5-11-17)15-16-9-6-7-13-19(16)23-20(25)18-12-8-14-22-21(18)26-2/h6-9,12-14,17H,3-5,10-11,15H2,1-2H3,(H,23,25). The Labute approximate surface area is 155 Å². The average Bonchev–Trinajstić information content (AvgIpc) is 2.70. The highest BCUT2D eigenvalue weighted by atomic mass is 16.5. The fourth-order valence-corrected chi connectivity index (χ4v) is 3.62. The van der Waals surface area contributed by atoms with E-state index in [9.17, 15) is 4.79 Å². The van der Waals surface area contributed by atoms with E-state index >= 15 is 0 Å². The van der Waals surface area contributed by atoms with Crippen molar-refractivity contribution in [3.8, 4) is 5.88 Å². The number of rotatable bonds is 6. The minimum Gasteiger partial charge on any atom is -0.480 e. The van der Waals surface area contributed by atoms with Crippen molar-refractivity contribution in [2.75, 3.05) is 19.5 Å². The Hall–Kier alpha value is -2.40. The number of hydrogen-bond donors (Lipinski definition) is 1. The summed E-state index contributed by atoms with van der Waals surface area (Å²) < 4.78 is 5.20.